The van der Waals surface area contributed by atoms with E-state index in [0.29, 0.717) is 23.8 Å². The molecule has 2 aromatic carbocycles. The molecular formula is C30H38BrN3O. The quantitative estimate of drug-likeness (QED) is 0.555. The Morgan fingerprint density at radius 3 is 2.60 bits per heavy atom. The number of amides is 1. The first kappa shape index (κ1) is 23.7. The summed E-state index contributed by atoms with van der Waals surface area (Å²) in [6.07, 6.45) is 8.75. The predicted octanol–water partition coefficient (Wildman–Crippen LogP) is 5.36. The van der Waals surface area contributed by atoms with Gasteiger partial charge in [0.1, 0.15) is 0 Å². The number of nitrogens with one attached hydrogen (secondary N) is 2. The molecule has 2 saturated heterocycles. The summed E-state index contributed by atoms with van der Waals surface area (Å²) in [5, 5.41) is 7.30. The molecule has 3 fully saturated rings. The number of carbonyl (C=O) groups is 1. The average molecular weight is 537 g/mol. The largest absolute Gasteiger partial charge is 0.339 e. The van der Waals surface area contributed by atoms with Gasteiger partial charge in [0.05, 0.1) is 5.92 Å². The SMILES string of the molecule is O=C([C@@H]1CNC[C@]12CNCc1cc(Br)ccc12)N1CC[C@@H](c2ccccc2)C[C@H]1C1CCCCC1. The molecule has 1 spiro atoms. The van der Waals surface area contributed by atoms with Crippen LogP contribution in [0.1, 0.15) is 67.6 Å². The summed E-state index contributed by atoms with van der Waals surface area (Å²) >= 11 is 3.65. The van der Waals surface area contributed by atoms with Crippen LogP contribution in [0.5, 0.6) is 0 Å². The first-order valence-corrected chi connectivity index (χ1v) is 14.5. The van der Waals surface area contributed by atoms with Crippen molar-refractivity contribution in [2.24, 2.45) is 11.8 Å². The first-order valence-electron chi connectivity index (χ1n) is 13.7. The monoisotopic (exact) mass is 535 g/mol. The highest BCUT2D eigenvalue weighted by atomic mass is 79.9. The Bertz CT molecular complexity index is 1050. The molecule has 35 heavy (non-hydrogen) atoms. The molecular weight excluding hydrogens is 498 g/mol. The highest BCUT2D eigenvalue weighted by Crippen LogP contribution is 2.44. The van der Waals surface area contributed by atoms with Gasteiger partial charge in [-0.25, -0.2) is 0 Å². The van der Waals surface area contributed by atoms with E-state index in [9.17, 15) is 4.79 Å². The summed E-state index contributed by atoms with van der Waals surface area (Å²) in [6, 6.07) is 18.1. The van der Waals surface area contributed by atoms with Gasteiger partial charge in [0.15, 0.2) is 0 Å². The number of hydrogen-bond donors (Lipinski definition) is 2. The Balaban J connectivity index is 1.30. The van der Waals surface area contributed by atoms with Crippen LogP contribution in [0.3, 0.4) is 0 Å². The van der Waals surface area contributed by atoms with Crippen molar-refractivity contribution < 1.29 is 4.79 Å². The van der Waals surface area contributed by atoms with Crippen LogP contribution in [-0.2, 0) is 16.8 Å². The molecule has 1 saturated carbocycles. The van der Waals surface area contributed by atoms with Crippen LogP contribution >= 0.6 is 15.9 Å². The Kier molecular flexibility index (Phi) is 6.76. The minimum atomic E-state index is -0.154. The molecule has 6 rings (SSSR count). The van der Waals surface area contributed by atoms with Gasteiger partial charge in [-0.1, -0.05) is 71.6 Å². The number of halogens is 1. The van der Waals surface area contributed by atoms with E-state index in [4.69, 9.17) is 0 Å². The van der Waals surface area contributed by atoms with E-state index in [1.54, 1.807) is 0 Å². The third kappa shape index (κ3) is 4.38. The van der Waals surface area contributed by atoms with Crippen LogP contribution in [0.15, 0.2) is 53.0 Å². The zero-order valence-electron chi connectivity index (χ0n) is 20.6. The molecule has 5 heteroatoms. The number of benzene rings is 2. The molecule has 0 radical (unpaired) electrons. The highest BCUT2D eigenvalue weighted by molar-refractivity contribution is 9.10. The molecule has 3 heterocycles. The highest BCUT2D eigenvalue weighted by Gasteiger charge is 2.52. The molecule has 0 aromatic heterocycles. The molecule has 0 bridgehead atoms. The lowest BCUT2D eigenvalue weighted by Gasteiger charge is -2.48. The molecule has 4 atom stereocenters. The van der Waals surface area contributed by atoms with Crippen LogP contribution in [-0.4, -0.2) is 43.0 Å². The predicted molar refractivity (Wildman–Crippen MR) is 144 cm³/mol. The number of carbonyl (C=O) groups excluding carboxylic acids is 1. The molecule has 3 aliphatic heterocycles. The van der Waals surface area contributed by atoms with Crippen molar-refractivity contribution in [1.29, 1.82) is 0 Å². The summed E-state index contributed by atoms with van der Waals surface area (Å²) in [5.41, 5.74) is 4.00. The lowest BCUT2D eigenvalue weighted by molar-refractivity contribution is -0.142. The van der Waals surface area contributed by atoms with E-state index in [2.05, 4.69) is 80.0 Å². The van der Waals surface area contributed by atoms with Gasteiger partial charge in [-0.2, -0.15) is 0 Å². The summed E-state index contributed by atoms with van der Waals surface area (Å²) in [7, 11) is 0. The lowest BCUT2D eigenvalue weighted by Crippen LogP contribution is -2.57. The van der Waals surface area contributed by atoms with Crippen molar-refractivity contribution >= 4 is 21.8 Å². The van der Waals surface area contributed by atoms with Crippen LogP contribution in [0.4, 0.5) is 0 Å². The van der Waals surface area contributed by atoms with E-state index < -0.39 is 0 Å². The van der Waals surface area contributed by atoms with Crippen molar-refractivity contribution in [3.63, 3.8) is 0 Å². The summed E-state index contributed by atoms with van der Waals surface area (Å²) < 4.78 is 1.12. The maximum Gasteiger partial charge on any atom is 0.228 e. The minimum Gasteiger partial charge on any atom is -0.339 e. The second-order valence-corrected chi connectivity index (χ2v) is 12.3. The van der Waals surface area contributed by atoms with E-state index >= 15 is 0 Å². The number of likely N-dealkylation sites (tertiary alicyclic amines) is 1. The minimum absolute atomic E-state index is 0.00501. The van der Waals surface area contributed by atoms with Crippen molar-refractivity contribution in [2.75, 3.05) is 26.2 Å². The van der Waals surface area contributed by atoms with Gasteiger partial charge in [0.25, 0.3) is 0 Å². The third-order valence-electron chi connectivity index (χ3n) is 9.51. The molecule has 0 unspecified atom stereocenters. The van der Waals surface area contributed by atoms with E-state index in [1.165, 1.54) is 48.8 Å². The van der Waals surface area contributed by atoms with Crippen LogP contribution in [0.25, 0.3) is 0 Å². The van der Waals surface area contributed by atoms with Crippen LogP contribution in [0.2, 0.25) is 0 Å². The maximum atomic E-state index is 14.5. The number of rotatable bonds is 3. The number of piperidine rings is 1. The molecule has 4 aliphatic rings. The zero-order valence-corrected chi connectivity index (χ0v) is 22.2. The number of hydrogen-bond acceptors (Lipinski definition) is 3. The fourth-order valence-corrected chi connectivity index (χ4v) is 8.13. The standard InChI is InChI=1S/C30H38BrN3O/c31-25-11-12-26-24(15-25)17-32-19-30(26)20-33-18-27(30)29(35)34-14-13-23(21-7-3-1-4-8-21)16-28(34)22-9-5-2-6-10-22/h1,3-4,7-8,11-12,15,22-23,27-28,32-33H,2,5-6,9-10,13-14,16-20H2/t23-,27+,28+,30+/m1/s1. The maximum absolute atomic E-state index is 14.5. The smallest absolute Gasteiger partial charge is 0.228 e. The summed E-state index contributed by atoms with van der Waals surface area (Å²) in [4.78, 5) is 16.9. The van der Waals surface area contributed by atoms with Crippen molar-refractivity contribution in [2.45, 2.75) is 68.9 Å². The fraction of sp³-hybridized carbons (Fsp3) is 0.567. The Hall–Kier alpha value is -1.69. The van der Waals surface area contributed by atoms with Crippen LogP contribution in [0, 0.1) is 11.8 Å². The Morgan fingerprint density at radius 2 is 1.77 bits per heavy atom. The Labute approximate surface area is 218 Å². The summed E-state index contributed by atoms with van der Waals surface area (Å²) in [6.45, 7) is 4.31. The number of nitrogens with zero attached hydrogens (tertiary/aromatic N) is 1. The molecule has 2 N–H and O–H groups in total. The van der Waals surface area contributed by atoms with Gasteiger partial charge in [-0.05, 0) is 66.3 Å². The first-order chi connectivity index (χ1) is 17.2. The van der Waals surface area contributed by atoms with Crippen LogP contribution < -0.4 is 10.6 Å². The second kappa shape index (κ2) is 9.99. The third-order valence-corrected chi connectivity index (χ3v) is 10.00. The van der Waals surface area contributed by atoms with E-state index in [0.717, 1.165) is 50.0 Å². The summed E-state index contributed by atoms with van der Waals surface area (Å²) in [5.74, 6) is 1.61. The van der Waals surface area contributed by atoms with Gasteiger partial charge in [0.2, 0.25) is 5.91 Å². The van der Waals surface area contributed by atoms with E-state index in [-0.39, 0.29) is 11.3 Å². The Morgan fingerprint density at radius 1 is 0.971 bits per heavy atom. The van der Waals surface area contributed by atoms with Gasteiger partial charge in [-0.15, -0.1) is 0 Å². The van der Waals surface area contributed by atoms with Gasteiger partial charge >= 0.3 is 0 Å². The molecule has 1 aliphatic carbocycles. The van der Waals surface area contributed by atoms with Gasteiger partial charge in [0, 0.05) is 48.7 Å². The van der Waals surface area contributed by atoms with E-state index in [1.807, 2.05) is 0 Å². The zero-order chi connectivity index (χ0) is 23.8. The second-order valence-electron chi connectivity index (χ2n) is 11.4. The topological polar surface area (TPSA) is 44.4 Å². The lowest BCUT2D eigenvalue weighted by atomic mass is 9.68. The van der Waals surface area contributed by atoms with Gasteiger partial charge < -0.3 is 15.5 Å². The van der Waals surface area contributed by atoms with Crippen molar-refractivity contribution in [3.8, 4) is 0 Å². The van der Waals surface area contributed by atoms with Crippen molar-refractivity contribution in [1.82, 2.24) is 15.5 Å². The fourth-order valence-electron chi connectivity index (χ4n) is 7.73. The number of fused-ring (bicyclic) bond motifs is 2. The van der Waals surface area contributed by atoms with Gasteiger partial charge in [-0.3, -0.25) is 4.79 Å². The van der Waals surface area contributed by atoms with Crippen molar-refractivity contribution in [3.05, 3.63) is 69.7 Å². The molecule has 186 valence electrons. The average Bonchev–Trinajstić information content (AvgIpc) is 3.32. The normalized spacial score (nSPS) is 31.5. The molecule has 1 amide bonds. The molecule has 2 aromatic rings. The molecule has 4 nitrogen and oxygen atoms in total.